The molecule has 166 valence electrons. The molecule has 6 nitrogen and oxygen atoms in total. The Balaban J connectivity index is 1.66. The molecule has 1 unspecified atom stereocenters. The van der Waals surface area contributed by atoms with Crippen LogP contribution in [-0.2, 0) is 23.7 Å². The first-order valence-corrected chi connectivity index (χ1v) is 11.2. The highest BCUT2D eigenvalue weighted by atomic mass is 16.6. The maximum absolute atomic E-state index is 12.5. The van der Waals surface area contributed by atoms with E-state index in [4.69, 9.17) is 18.9 Å². The molecule has 2 saturated heterocycles. The molecule has 0 radical (unpaired) electrons. The number of carbonyl (C=O) groups is 1. The van der Waals surface area contributed by atoms with Crippen LogP contribution in [0.3, 0.4) is 0 Å². The molecule has 0 aromatic carbocycles. The quantitative estimate of drug-likeness (QED) is 0.339. The number of hydrogen-bond donors (Lipinski definition) is 1. The molecule has 3 fully saturated rings. The lowest BCUT2D eigenvalue weighted by Gasteiger charge is -2.42. The molecule has 0 amide bonds. The summed E-state index contributed by atoms with van der Waals surface area (Å²) in [6, 6.07) is 0.345. The average molecular weight is 410 g/mol. The molecule has 0 aromatic heterocycles. The van der Waals surface area contributed by atoms with E-state index in [-0.39, 0.29) is 47.9 Å². The van der Waals surface area contributed by atoms with Gasteiger partial charge in [-0.2, -0.15) is 0 Å². The molecule has 1 spiro atoms. The number of epoxide rings is 2. The third-order valence-corrected chi connectivity index (χ3v) is 7.04. The molecule has 1 aliphatic carbocycles. The number of carbonyl (C=O) groups excluding carboxylic acids is 1. The Labute approximate surface area is 175 Å². The topological polar surface area (TPSA) is 72.6 Å². The van der Waals surface area contributed by atoms with E-state index in [0.29, 0.717) is 6.04 Å². The second-order valence-corrected chi connectivity index (χ2v) is 9.30. The fraction of sp³-hybridized carbons (Fsp3) is 0.870. The number of rotatable bonds is 10. The van der Waals surface area contributed by atoms with Crippen LogP contribution in [0.4, 0.5) is 0 Å². The van der Waals surface area contributed by atoms with Gasteiger partial charge in [0.25, 0.3) is 0 Å². The summed E-state index contributed by atoms with van der Waals surface area (Å²) < 4.78 is 24.0. The minimum absolute atomic E-state index is 0.0640. The lowest BCUT2D eigenvalue weighted by atomic mass is 9.68. The zero-order chi connectivity index (χ0) is 21.2. The van der Waals surface area contributed by atoms with Gasteiger partial charge in [-0.3, -0.25) is 4.79 Å². The van der Waals surface area contributed by atoms with Crippen molar-refractivity contribution < 1.29 is 23.7 Å². The molecular formula is C23H39NO5. The van der Waals surface area contributed by atoms with Crippen LogP contribution in [0.15, 0.2) is 11.6 Å². The maximum Gasteiger partial charge on any atom is 0.320 e. The van der Waals surface area contributed by atoms with Crippen molar-refractivity contribution in [2.24, 2.45) is 5.92 Å². The van der Waals surface area contributed by atoms with E-state index in [0.717, 1.165) is 38.7 Å². The number of ether oxygens (including phenoxy) is 4. The highest BCUT2D eigenvalue weighted by molar-refractivity contribution is 5.72. The molecule has 0 bridgehead atoms. The van der Waals surface area contributed by atoms with Crippen molar-refractivity contribution in [3.8, 4) is 0 Å². The SMILES string of the molecule is CCC(CC)NCC(=O)O[C@@H]1CC[C@]2(CO2)[C@@H]([C@@]2(C)OC2CC=C(C)C)[C@@H]1OC. The second-order valence-electron chi connectivity index (χ2n) is 9.30. The van der Waals surface area contributed by atoms with Crippen LogP contribution in [0.5, 0.6) is 0 Å². The van der Waals surface area contributed by atoms with Crippen LogP contribution in [0.2, 0.25) is 0 Å². The predicted octanol–water partition coefficient (Wildman–Crippen LogP) is 3.38. The summed E-state index contributed by atoms with van der Waals surface area (Å²) in [6.45, 7) is 11.6. The summed E-state index contributed by atoms with van der Waals surface area (Å²) in [5.41, 5.74) is 0.803. The van der Waals surface area contributed by atoms with Gasteiger partial charge in [0.05, 0.1) is 25.2 Å². The van der Waals surface area contributed by atoms with Gasteiger partial charge >= 0.3 is 5.97 Å². The molecule has 1 saturated carbocycles. The Morgan fingerprint density at radius 2 is 2.00 bits per heavy atom. The summed E-state index contributed by atoms with van der Waals surface area (Å²) in [6.07, 6.45) is 6.44. The Morgan fingerprint density at radius 1 is 1.31 bits per heavy atom. The van der Waals surface area contributed by atoms with Gasteiger partial charge in [-0.25, -0.2) is 0 Å². The summed E-state index contributed by atoms with van der Waals surface area (Å²) in [5, 5.41) is 3.29. The van der Waals surface area contributed by atoms with E-state index >= 15 is 0 Å². The first-order valence-electron chi connectivity index (χ1n) is 11.2. The summed E-state index contributed by atoms with van der Waals surface area (Å²) in [7, 11) is 1.71. The molecule has 6 atom stereocenters. The normalized spacial score (nSPS) is 38.2. The Hall–Kier alpha value is -0.950. The molecule has 0 aromatic rings. The Bertz CT molecular complexity index is 608. The number of allylic oxidation sites excluding steroid dienone is 1. The van der Waals surface area contributed by atoms with Gasteiger partial charge in [0.1, 0.15) is 23.4 Å². The minimum Gasteiger partial charge on any atom is -0.459 e. The third-order valence-electron chi connectivity index (χ3n) is 7.04. The van der Waals surface area contributed by atoms with Gasteiger partial charge in [-0.05, 0) is 52.9 Å². The zero-order valence-electron chi connectivity index (χ0n) is 19.0. The van der Waals surface area contributed by atoms with E-state index in [1.165, 1.54) is 5.57 Å². The van der Waals surface area contributed by atoms with Gasteiger partial charge < -0.3 is 24.3 Å². The molecular weight excluding hydrogens is 370 g/mol. The summed E-state index contributed by atoms with van der Waals surface area (Å²) >= 11 is 0. The average Bonchev–Trinajstić information content (AvgIpc) is 3.60. The van der Waals surface area contributed by atoms with Crippen LogP contribution in [0.25, 0.3) is 0 Å². The molecule has 6 heteroatoms. The number of methoxy groups -OCH3 is 1. The van der Waals surface area contributed by atoms with Crippen molar-refractivity contribution in [1.82, 2.24) is 5.32 Å². The van der Waals surface area contributed by atoms with Crippen molar-refractivity contribution in [3.63, 3.8) is 0 Å². The van der Waals surface area contributed by atoms with Crippen molar-refractivity contribution in [1.29, 1.82) is 0 Å². The minimum atomic E-state index is -0.304. The van der Waals surface area contributed by atoms with E-state index < -0.39 is 0 Å². The van der Waals surface area contributed by atoms with Gasteiger partial charge in [-0.15, -0.1) is 0 Å². The smallest absolute Gasteiger partial charge is 0.320 e. The summed E-state index contributed by atoms with van der Waals surface area (Å²) in [4.78, 5) is 12.5. The first kappa shape index (κ1) is 22.7. The van der Waals surface area contributed by atoms with Crippen molar-refractivity contribution in [3.05, 3.63) is 11.6 Å². The second kappa shape index (κ2) is 9.04. The Kier molecular flexibility index (Phi) is 7.09. The van der Waals surface area contributed by atoms with Crippen molar-refractivity contribution in [2.75, 3.05) is 20.3 Å². The van der Waals surface area contributed by atoms with Crippen molar-refractivity contribution >= 4 is 5.97 Å². The predicted molar refractivity (Wildman–Crippen MR) is 112 cm³/mol. The fourth-order valence-corrected chi connectivity index (χ4v) is 5.09. The highest BCUT2D eigenvalue weighted by Gasteiger charge is 2.72. The lowest BCUT2D eigenvalue weighted by Crippen LogP contribution is -2.56. The molecule has 2 heterocycles. The van der Waals surface area contributed by atoms with Crippen LogP contribution in [-0.4, -0.2) is 61.8 Å². The van der Waals surface area contributed by atoms with Gasteiger partial charge in [0.2, 0.25) is 0 Å². The number of nitrogens with one attached hydrogen (secondary N) is 1. The Morgan fingerprint density at radius 3 is 2.55 bits per heavy atom. The van der Waals surface area contributed by atoms with E-state index in [2.05, 4.69) is 46.0 Å². The van der Waals surface area contributed by atoms with E-state index in [9.17, 15) is 4.79 Å². The van der Waals surface area contributed by atoms with E-state index in [1.54, 1.807) is 7.11 Å². The highest BCUT2D eigenvalue weighted by Crippen LogP contribution is 2.59. The molecule has 1 N–H and O–H groups in total. The molecule has 29 heavy (non-hydrogen) atoms. The maximum atomic E-state index is 12.5. The molecule has 3 rings (SSSR count). The van der Waals surface area contributed by atoms with Crippen molar-refractivity contribution in [2.45, 2.75) is 102 Å². The standard InChI is InChI=1S/C23H39NO5/c1-7-16(8-2)24-13-19(25)28-17-11-12-23(14-27-23)21(20(17)26-6)22(5)18(29-22)10-9-15(3)4/h9,16-18,20-21,24H,7-8,10-14H2,1-6H3/t17-,18?,20-,21-,22+,23+/m1/s1. The van der Waals surface area contributed by atoms with Crippen LogP contribution in [0, 0.1) is 5.92 Å². The zero-order valence-corrected chi connectivity index (χ0v) is 19.0. The van der Waals surface area contributed by atoms with E-state index in [1.807, 2.05) is 0 Å². The molecule has 2 aliphatic heterocycles. The lowest BCUT2D eigenvalue weighted by molar-refractivity contribution is -0.171. The summed E-state index contributed by atoms with van der Waals surface area (Å²) in [5.74, 6) is -0.146. The first-order chi connectivity index (χ1) is 13.8. The third kappa shape index (κ3) is 4.87. The van der Waals surface area contributed by atoms with Gasteiger partial charge in [0, 0.05) is 13.2 Å². The monoisotopic (exact) mass is 409 g/mol. The molecule has 3 aliphatic rings. The van der Waals surface area contributed by atoms with Crippen LogP contribution >= 0.6 is 0 Å². The van der Waals surface area contributed by atoms with Gasteiger partial charge in [0.15, 0.2) is 0 Å². The largest absolute Gasteiger partial charge is 0.459 e. The van der Waals surface area contributed by atoms with Gasteiger partial charge in [-0.1, -0.05) is 25.5 Å². The fourth-order valence-electron chi connectivity index (χ4n) is 5.09. The van der Waals surface area contributed by atoms with Crippen LogP contribution in [0.1, 0.15) is 66.7 Å². The number of hydrogen-bond acceptors (Lipinski definition) is 6. The number of esters is 1. The van der Waals surface area contributed by atoms with Crippen LogP contribution < -0.4 is 5.32 Å².